The zero-order chi connectivity index (χ0) is 17.6. The first kappa shape index (κ1) is 18.0. The number of benzene rings is 1. The first-order valence-electron chi connectivity index (χ1n) is 6.89. The van der Waals surface area contributed by atoms with Crippen molar-refractivity contribution in [2.75, 3.05) is 0 Å². The molecule has 0 aliphatic rings. The van der Waals surface area contributed by atoms with E-state index < -0.39 is 0 Å². The molecule has 0 radical (unpaired) electrons. The maximum absolute atomic E-state index is 9.64. The Labute approximate surface area is 135 Å². The fourth-order valence-electron chi connectivity index (χ4n) is 1.71. The van der Waals surface area contributed by atoms with Crippen molar-refractivity contribution in [1.29, 1.82) is 0 Å². The van der Waals surface area contributed by atoms with Gasteiger partial charge in [0, 0.05) is 6.07 Å². The molecule has 1 aromatic heterocycles. The molecule has 0 aliphatic heterocycles. The normalized spacial score (nSPS) is 10.7. The smallest absolute Gasteiger partial charge is 0.160 e. The minimum absolute atomic E-state index is 0.0185. The van der Waals surface area contributed by atoms with E-state index in [1.807, 2.05) is 19.9 Å². The molecular weight excluding hydrogens is 294 g/mol. The number of rotatable bonds is 3. The molecule has 2 aromatic rings. The Morgan fingerprint density at radius 3 is 2.39 bits per heavy atom. The van der Waals surface area contributed by atoms with Gasteiger partial charge >= 0.3 is 0 Å². The van der Waals surface area contributed by atoms with Crippen molar-refractivity contribution in [3.05, 3.63) is 60.7 Å². The monoisotopic (exact) mass is 315 g/mol. The molecule has 0 spiro atoms. The summed E-state index contributed by atoms with van der Waals surface area (Å²) in [5.74, 6) is -0.252. The second kappa shape index (κ2) is 7.84. The van der Waals surface area contributed by atoms with Gasteiger partial charge in [0.1, 0.15) is 5.76 Å². The molecule has 0 aliphatic carbocycles. The Balaban J connectivity index is 0.000000463. The van der Waals surface area contributed by atoms with Crippen molar-refractivity contribution in [2.24, 2.45) is 0 Å². The van der Waals surface area contributed by atoms with E-state index in [0.717, 1.165) is 11.3 Å². The van der Waals surface area contributed by atoms with Gasteiger partial charge in [-0.1, -0.05) is 24.4 Å². The van der Waals surface area contributed by atoms with Gasteiger partial charge in [0.25, 0.3) is 0 Å². The third-order valence-electron chi connectivity index (χ3n) is 3.13. The number of allylic oxidation sites excluding steroid dienone is 3. The van der Waals surface area contributed by atoms with Crippen LogP contribution in [-0.4, -0.2) is 30.3 Å². The van der Waals surface area contributed by atoms with E-state index in [2.05, 4.69) is 23.5 Å². The summed E-state index contributed by atoms with van der Waals surface area (Å²) in [6.07, 6.45) is 4.90. The number of aliphatic hydroxyl groups is 1. The third-order valence-corrected chi connectivity index (χ3v) is 3.13. The van der Waals surface area contributed by atoms with Crippen LogP contribution in [0, 0.1) is 6.92 Å². The van der Waals surface area contributed by atoms with Gasteiger partial charge in [-0.3, -0.25) is 0 Å². The molecule has 122 valence electrons. The summed E-state index contributed by atoms with van der Waals surface area (Å²) in [5.41, 5.74) is 3.13. The molecule has 1 aromatic carbocycles. The molecule has 2 rings (SSSR count). The molecular formula is C17H21N3O3. The number of aryl methyl sites for hydroxylation is 1. The quantitative estimate of drug-likeness (QED) is 0.457. The molecule has 6 nitrogen and oxygen atoms in total. The standard InChI is InChI=1S/C13H15N3O2.C4H6O/c1-4-8(2)11-7-14-15-16(11)10-5-9(3)13(18)12(17)6-10;1-3-4(2)5/h4-7,17-18H,1-3H3;3,5H,1-2H2/b8-4+;. The number of hydrogen-bond acceptors (Lipinski definition) is 5. The number of aromatic hydroxyl groups is 2. The Hall–Kier alpha value is -3.02. The van der Waals surface area contributed by atoms with E-state index in [0.29, 0.717) is 11.3 Å². The first-order chi connectivity index (χ1) is 10.8. The lowest BCUT2D eigenvalue weighted by Crippen LogP contribution is -2.01. The van der Waals surface area contributed by atoms with E-state index >= 15 is 0 Å². The lowest BCUT2D eigenvalue weighted by atomic mass is 10.1. The predicted octanol–water partition coefficient (Wildman–Crippen LogP) is 3.65. The van der Waals surface area contributed by atoms with Crippen molar-refractivity contribution in [2.45, 2.75) is 20.8 Å². The van der Waals surface area contributed by atoms with Gasteiger partial charge in [-0.25, -0.2) is 4.68 Å². The highest BCUT2D eigenvalue weighted by atomic mass is 16.3. The molecule has 0 saturated carbocycles. The zero-order valence-electron chi connectivity index (χ0n) is 13.5. The van der Waals surface area contributed by atoms with Gasteiger partial charge in [-0.15, -0.1) is 5.10 Å². The SMILES string of the molecule is C/C=C(\C)c1cnnn1-c1cc(C)c(O)c(O)c1.C=CC(=C)O. The minimum atomic E-state index is -0.162. The summed E-state index contributed by atoms with van der Waals surface area (Å²) in [6.45, 7) is 11.9. The molecule has 6 heteroatoms. The number of aliphatic hydroxyl groups excluding tert-OH is 1. The van der Waals surface area contributed by atoms with Crippen LogP contribution in [0.1, 0.15) is 25.1 Å². The van der Waals surface area contributed by atoms with Gasteiger partial charge in [-0.05, 0) is 44.1 Å². The summed E-state index contributed by atoms with van der Waals surface area (Å²) in [5, 5.41) is 35.1. The largest absolute Gasteiger partial charge is 0.509 e. The van der Waals surface area contributed by atoms with Crippen LogP contribution in [0.25, 0.3) is 11.3 Å². The van der Waals surface area contributed by atoms with Crippen LogP contribution in [-0.2, 0) is 0 Å². The second-order valence-electron chi connectivity index (χ2n) is 4.83. The van der Waals surface area contributed by atoms with Crippen LogP contribution in [0.2, 0.25) is 0 Å². The van der Waals surface area contributed by atoms with E-state index in [4.69, 9.17) is 5.11 Å². The number of aromatic nitrogens is 3. The highest BCUT2D eigenvalue weighted by Gasteiger charge is 2.11. The first-order valence-corrected chi connectivity index (χ1v) is 6.89. The summed E-state index contributed by atoms with van der Waals surface area (Å²) in [6, 6.07) is 3.21. The Morgan fingerprint density at radius 1 is 1.30 bits per heavy atom. The van der Waals surface area contributed by atoms with Crippen LogP contribution < -0.4 is 0 Å². The van der Waals surface area contributed by atoms with E-state index in [9.17, 15) is 10.2 Å². The van der Waals surface area contributed by atoms with Crippen molar-refractivity contribution >= 4 is 5.57 Å². The lowest BCUT2D eigenvalue weighted by molar-refractivity contribution is 0.400. The van der Waals surface area contributed by atoms with Crippen molar-refractivity contribution < 1.29 is 15.3 Å². The Bertz CT molecular complexity index is 722. The summed E-state index contributed by atoms with van der Waals surface area (Å²) >= 11 is 0. The van der Waals surface area contributed by atoms with E-state index in [1.165, 1.54) is 12.1 Å². The van der Waals surface area contributed by atoms with Crippen molar-refractivity contribution in [3.8, 4) is 17.2 Å². The van der Waals surface area contributed by atoms with Gasteiger partial charge in [0.15, 0.2) is 11.5 Å². The van der Waals surface area contributed by atoms with Crippen LogP contribution in [0.3, 0.4) is 0 Å². The number of hydrogen-bond donors (Lipinski definition) is 3. The molecule has 1 heterocycles. The lowest BCUT2D eigenvalue weighted by Gasteiger charge is -2.09. The molecule has 0 fully saturated rings. The summed E-state index contributed by atoms with van der Waals surface area (Å²) in [7, 11) is 0. The molecule has 23 heavy (non-hydrogen) atoms. The van der Waals surface area contributed by atoms with Gasteiger partial charge in [0.05, 0.1) is 17.6 Å². The fraction of sp³-hybridized carbons (Fsp3) is 0.176. The topological polar surface area (TPSA) is 91.4 Å². The fourth-order valence-corrected chi connectivity index (χ4v) is 1.71. The van der Waals surface area contributed by atoms with E-state index in [1.54, 1.807) is 23.9 Å². The number of phenolic OH excluding ortho intramolecular Hbond substituents is 2. The molecule has 0 saturated heterocycles. The molecule has 0 amide bonds. The highest BCUT2D eigenvalue weighted by Crippen LogP contribution is 2.31. The predicted molar refractivity (Wildman–Crippen MR) is 90.7 cm³/mol. The molecule has 0 unspecified atom stereocenters. The summed E-state index contributed by atoms with van der Waals surface area (Å²) in [4.78, 5) is 0. The Kier molecular flexibility index (Phi) is 6.14. The van der Waals surface area contributed by atoms with E-state index in [-0.39, 0.29) is 17.3 Å². The van der Waals surface area contributed by atoms with Crippen LogP contribution in [0.15, 0.2) is 49.4 Å². The van der Waals surface area contributed by atoms with Gasteiger partial charge in [-0.2, -0.15) is 0 Å². The minimum Gasteiger partial charge on any atom is -0.509 e. The average molecular weight is 315 g/mol. The maximum atomic E-state index is 9.64. The average Bonchev–Trinajstić information content (AvgIpc) is 3.01. The van der Waals surface area contributed by atoms with Gasteiger partial charge < -0.3 is 15.3 Å². The van der Waals surface area contributed by atoms with Crippen LogP contribution >= 0.6 is 0 Å². The molecule has 0 bridgehead atoms. The number of phenols is 2. The van der Waals surface area contributed by atoms with Crippen LogP contribution in [0.4, 0.5) is 0 Å². The van der Waals surface area contributed by atoms with Crippen molar-refractivity contribution in [3.63, 3.8) is 0 Å². The number of nitrogens with zero attached hydrogens (tertiary/aromatic N) is 3. The molecule has 0 atom stereocenters. The van der Waals surface area contributed by atoms with Crippen molar-refractivity contribution in [1.82, 2.24) is 15.0 Å². The van der Waals surface area contributed by atoms with Crippen LogP contribution in [0.5, 0.6) is 11.5 Å². The maximum Gasteiger partial charge on any atom is 0.160 e. The zero-order valence-corrected chi connectivity index (χ0v) is 13.5. The molecule has 3 N–H and O–H groups in total. The third kappa shape index (κ3) is 4.47. The summed E-state index contributed by atoms with van der Waals surface area (Å²) < 4.78 is 1.63. The Morgan fingerprint density at radius 2 is 1.91 bits per heavy atom. The van der Waals surface area contributed by atoms with Gasteiger partial charge in [0.2, 0.25) is 0 Å². The second-order valence-corrected chi connectivity index (χ2v) is 4.83. The highest BCUT2D eigenvalue weighted by molar-refractivity contribution is 5.62.